The lowest BCUT2D eigenvalue weighted by Gasteiger charge is -2.33. The predicted octanol–water partition coefficient (Wildman–Crippen LogP) is 4.24. The standard InChI is InChI=1S/C32H31F3N4O9S/c1-5-49(43,44)27-11-7-22(39-18(2)40)14-20(27)17-38-29(41)31(48-30(42)32(33,34)35,21-6-10-25(45-3)26(16-21)46-4)47-23-8-9-24-19(15-23)12-13-37-28(24)36/h6-16H,5,17H2,1-4H3,(H2,36,37)(H,38,41)(H,39,40). The molecule has 1 aromatic heterocycles. The number of alkyl halides is 3. The number of aromatic nitrogens is 1. The van der Waals surface area contributed by atoms with Gasteiger partial charge in [0.2, 0.25) is 5.91 Å². The van der Waals surface area contributed by atoms with Gasteiger partial charge in [-0.15, -0.1) is 0 Å². The molecular weight excluding hydrogens is 673 g/mol. The number of anilines is 2. The molecule has 260 valence electrons. The number of nitrogens with zero attached hydrogens (tertiary/aromatic N) is 1. The van der Waals surface area contributed by atoms with Gasteiger partial charge in [-0.05, 0) is 71.6 Å². The zero-order valence-corrected chi connectivity index (χ0v) is 27.3. The number of pyridine rings is 1. The van der Waals surface area contributed by atoms with E-state index in [1.54, 1.807) is 0 Å². The average Bonchev–Trinajstić information content (AvgIpc) is 3.05. The van der Waals surface area contributed by atoms with Crippen LogP contribution in [0.3, 0.4) is 0 Å². The first-order valence-electron chi connectivity index (χ1n) is 14.3. The van der Waals surface area contributed by atoms with Crippen molar-refractivity contribution in [2.45, 2.75) is 37.3 Å². The summed E-state index contributed by atoms with van der Waals surface area (Å²) in [5.41, 5.74) is 5.61. The third-order valence-corrected chi connectivity index (χ3v) is 8.92. The summed E-state index contributed by atoms with van der Waals surface area (Å²) in [4.78, 5) is 42.2. The van der Waals surface area contributed by atoms with Gasteiger partial charge in [-0.25, -0.2) is 18.2 Å². The van der Waals surface area contributed by atoms with Crippen molar-refractivity contribution in [2.24, 2.45) is 0 Å². The van der Waals surface area contributed by atoms with Crippen LogP contribution in [0.1, 0.15) is 25.0 Å². The Hall–Kier alpha value is -5.58. The van der Waals surface area contributed by atoms with E-state index in [0.717, 1.165) is 12.1 Å². The Kier molecular flexibility index (Phi) is 10.6. The topological polar surface area (TPSA) is 185 Å². The highest BCUT2D eigenvalue weighted by molar-refractivity contribution is 7.91. The molecular formula is C32H31F3N4O9S. The van der Waals surface area contributed by atoms with Crippen LogP contribution >= 0.6 is 0 Å². The first kappa shape index (κ1) is 36.3. The minimum atomic E-state index is -5.59. The first-order chi connectivity index (χ1) is 23.0. The molecule has 13 nitrogen and oxygen atoms in total. The van der Waals surface area contributed by atoms with Gasteiger partial charge in [0.1, 0.15) is 11.6 Å². The largest absolute Gasteiger partial charge is 0.493 e. The van der Waals surface area contributed by atoms with Crippen LogP contribution in [0.15, 0.2) is 71.8 Å². The Balaban J connectivity index is 1.92. The van der Waals surface area contributed by atoms with Gasteiger partial charge < -0.3 is 35.3 Å². The summed E-state index contributed by atoms with van der Waals surface area (Å²) in [7, 11) is -1.39. The molecule has 0 bridgehead atoms. The van der Waals surface area contributed by atoms with E-state index < -0.39 is 51.7 Å². The first-order valence-corrected chi connectivity index (χ1v) is 16.0. The summed E-state index contributed by atoms with van der Waals surface area (Å²) in [6, 6.07) is 12.8. The lowest BCUT2D eigenvalue weighted by Crippen LogP contribution is -2.53. The fraction of sp³-hybridized carbons (Fsp3) is 0.250. The van der Waals surface area contributed by atoms with Gasteiger partial charge in [-0.2, -0.15) is 13.2 Å². The number of halogens is 3. The smallest absolute Gasteiger partial charge is 0.491 e. The van der Waals surface area contributed by atoms with E-state index in [1.807, 2.05) is 0 Å². The number of ether oxygens (including phenoxy) is 4. The second kappa shape index (κ2) is 14.3. The number of amides is 2. The van der Waals surface area contributed by atoms with Crippen molar-refractivity contribution in [2.75, 3.05) is 31.0 Å². The van der Waals surface area contributed by atoms with Gasteiger partial charge in [0.05, 0.1) is 30.4 Å². The zero-order chi connectivity index (χ0) is 36.1. The van der Waals surface area contributed by atoms with Gasteiger partial charge in [0, 0.05) is 30.7 Å². The molecule has 0 saturated heterocycles. The van der Waals surface area contributed by atoms with Crippen LogP contribution in [0, 0.1) is 0 Å². The van der Waals surface area contributed by atoms with Crippen molar-refractivity contribution < 1.29 is 54.9 Å². The zero-order valence-electron chi connectivity index (χ0n) is 26.5. The number of hydrogen-bond acceptors (Lipinski definition) is 11. The number of nitrogens with one attached hydrogen (secondary N) is 2. The maximum absolute atomic E-state index is 14.3. The Morgan fingerprint density at radius 3 is 2.29 bits per heavy atom. The molecule has 0 radical (unpaired) electrons. The van der Waals surface area contributed by atoms with Crippen LogP contribution in [0.2, 0.25) is 0 Å². The minimum absolute atomic E-state index is 0.0431. The number of carbonyl (C=O) groups excluding carboxylic acids is 3. The molecule has 4 rings (SSSR count). The lowest BCUT2D eigenvalue weighted by molar-refractivity contribution is -0.241. The normalized spacial score (nSPS) is 12.8. The predicted molar refractivity (Wildman–Crippen MR) is 170 cm³/mol. The molecule has 0 aliphatic rings. The van der Waals surface area contributed by atoms with Crippen LogP contribution < -0.4 is 30.6 Å². The van der Waals surface area contributed by atoms with Crippen LogP contribution in [-0.4, -0.2) is 57.3 Å². The number of nitrogens with two attached hydrogens (primary N) is 1. The monoisotopic (exact) mass is 704 g/mol. The number of fused-ring (bicyclic) bond motifs is 1. The molecule has 0 saturated carbocycles. The Morgan fingerprint density at radius 2 is 1.65 bits per heavy atom. The number of sulfone groups is 1. The average molecular weight is 705 g/mol. The summed E-state index contributed by atoms with van der Waals surface area (Å²) in [6.45, 7) is 1.97. The molecule has 3 aromatic carbocycles. The van der Waals surface area contributed by atoms with Crippen molar-refractivity contribution in [3.8, 4) is 17.2 Å². The molecule has 17 heteroatoms. The maximum atomic E-state index is 14.3. The van der Waals surface area contributed by atoms with Crippen molar-refractivity contribution in [3.63, 3.8) is 0 Å². The van der Waals surface area contributed by atoms with Crippen molar-refractivity contribution in [1.29, 1.82) is 0 Å². The van der Waals surface area contributed by atoms with Crippen LogP contribution in [0.5, 0.6) is 17.2 Å². The molecule has 1 atom stereocenters. The van der Waals surface area contributed by atoms with E-state index in [0.29, 0.717) is 10.8 Å². The SMILES string of the molecule is CCS(=O)(=O)c1ccc(NC(C)=O)cc1CNC(=O)C(OC(=O)C(F)(F)F)(Oc1ccc2c(N)nccc2c1)c1ccc(OC)c(OC)c1. The summed E-state index contributed by atoms with van der Waals surface area (Å²) in [6.07, 6.45) is -4.22. The van der Waals surface area contributed by atoms with Crippen LogP contribution in [-0.2, 0) is 41.3 Å². The molecule has 4 aromatic rings. The molecule has 1 heterocycles. The molecule has 2 amide bonds. The van der Waals surface area contributed by atoms with Gasteiger partial charge in [0.15, 0.2) is 21.3 Å². The quantitative estimate of drug-likeness (QED) is 0.142. The Morgan fingerprint density at radius 1 is 0.939 bits per heavy atom. The summed E-state index contributed by atoms with van der Waals surface area (Å²) < 4.78 is 88.6. The van der Waals surface area contributed by atoms with E-state index >= 15 is 0 Å². The number of benzene rings is 3. The Bertz CT molecular complexity index is 2020. The molecule has 0 fully saturated rings. The second-order valence-corrected chi connectivity index (χ2v) is 12.6. The minimum Gasteiger partial charge on any atom is -0.493 e. The van der Waals surface area contributed by atoms with Gasteiger partial charge in [-0.3, -0.25) is 9.59 Å². The van der Waals surface area contributed by atoms with E-state index in [9.17, 15) is 36.0 Å². The van der Waals surface area contributed by atoms with Gasteiger partial charge >= 0.3 is 23.8 Å². The highest BCUT2D eigenvalue weighted by atomic mass is 32.2. The molecule has 0 aliphatic carbocycles. The van der Waals surface area contributed by atoms with Gasteiger partial charge in [0.25, 0.3) is 0 Å². The molecule has 0 aliphatic heterocycles. The number of esters is 1. The number of carbonyl (C=O) groups is 3. The molecule has 4 N–H and O–H groups in total. The third-order valence-electron chi connectivity index (χ3n) is 7.09. The molecule has 1 unspecified atom stereocenters. The van der Waals surface area contributed by atoms with Gasteiger partial charge in [-0.1, -0.05) is 6.92 Å². The maximum Gasteiger partial charge on any atom is 0.491 e. The van der Waals surface area contributed by atoms with E-state index in [2.05, 4.69) is 15.6 Å². The number of hydrogen-bond donors (Lipinski definition) is 3. The highest BCUT2D eigenvalue weighted by Gasteiger charge is 2.54. The molecule has 49 heavy (non-hydrogen) atoms. The molecule has 0 spiro atoms. The summed E-state index contributed by atoms with van der Waals surface area (Å²) in [5, 5.41) is 5.72. The van der Waals surface area contributed by atoms with E-state index in [4.69, 9.17) is 24.7 Å². The van der Waals surface area contributed by atoms with Crippen LogP contribution in [0.25, 0.3) is 10.8 Å². The van der Waals surface area contributed by atoms with Crippen molar-refractivity contribution >= 4 is 49.9 Å². The number of nitrogen functional groups attached to an aromatic ring is 1. The summed E-state index contributed by atoms with van der Waals surface area (Å²) in [5.74, 6) is -8.31. The van der Waals surface area contributed by atoms with Crippen LogP contribution in [0.4, 0.5) is 24.7 Å². The van der Waals surface area contributed by atoms with E-state index in [1.165, 1.54) is 82.8 Å². The van der Waals surface area contributed by atoms with Crippen molar-refractivity contribution in [1.82, 2.24) is 10.3 Å². The van der Waals surface area contributed by atoms with E-state index in [-0.39, 0.29) is 45.0 Å². The highest BCUT2D eigenvalue weighted by Crippen LogP contribution is 2.39. The third kappa shape index (κ3) is 7.94. The fourth-order valence-corrected chi connectivity index (χ4v) is 5.87. The number of rotatable bonds is 12. The Labute approximate surface area is 278 Å². The number of methoxy groups -OCH3 is 2. The second-order valence-electron chi connectivity index (χ2n) is 10.3. The lowest BCUT2D eigenvalue weighted by atomic mass is 10.0. The summed E-state index contributed by atoms with van der Waals surface area (Å²) >= 11 is 0. The fourth-order valence-electron chi connectivity index (χ4n) is 4.75. The van der Waals surface area contributed by atoms with Crippen molar-refractivity contribution in [3.05, 3.63) is 78.0 Å².